The normalized spacial score (nSPS) is 15.5. The molecule has 1 aromatic rings. The first-order valence-electron chi connectivity index (χ1n) is 6.62. The maximum atomic E-state index is 11.2. The van der Waals surface area contributed by atoms with Crippen LogP contribution in [0.3, 0.4) is 0 Å². The minimum atomic E-state index is 0.132. The maximum Gasteiger partial charge on any atom is 0.162 e. The molecule has 0 unspecified atom stereocenters. The van der Waals surface area contributed by atoms with E-state index in [0.717, 1.165) is 28.6 Å². The van der Waals surface area contributed by atoms with Crippen LogP contribution in [-0.2, 0) is 11.2 Å². The number of halogens is 1. The second-order valence-corrected chi connectivity index (χ2v) is 5.85. The fourth-order valence-electron chi connectivity index (χ4n) is 2.42. The monoisotopic (exact) mass is 326 g/mol. The number of carbonyl (C=O) groups is 1. The van der Waals surface area contributed by atoms with Gasteiger partial charge in [0, 0.05) is 10.9 Å². The van der Waals surface area contributed by atoms with Gasteiger partial charge in [-0.3, -0.25) is 4.79 Å². The van der Waals surface area contributed by atoms with E-state index in [2.05, 4.69) is 15.9 Å². The summed E-state index contributed by atoms with van der Waals surface area (Å²) in [4.78, 5) is 11.2. The third-order valence-corrected chi connectivity index (χ3v) is 4.11. The molecule has 1 aromatic carbocycles. The number of ether oxygens (including phenoxy) is 2. The summed E-state index contributed by atoms with van der Waals surface area (Å²) in [5.41, 5.74) is 0.933. The highest BCUT2D eigenvalue weighted by Crippen LogP contribution is 2.36. The third kappa shape index (κ3) is 3.72. The molecule has 3 nitrogen and oxygen atoms in total. The lowest BCUT2D eigenvalue weighted by Crippen LogP contribution is -2.12. The van der Waals surface area contributed by atoms with Crippen molar-refractivity contribution in [2.75, 3.05) is 7.11 Å². The van der Waals surface area contributed by atoms with Crippen LogP contribution in [-0.4, -0.2) is 19.0 Å². The van der Waals surface area contributed by atoms with E-state index in [1.807, 2.05) is 12.1 Å². The van der Waals surface area contributed by atoms with Crippen molar-refractivity contribution in [1.29, 1.82) is 0 Å². The summed E-state index contributed by atoms with van der Waals surface area (Å²) in [5.74, 6) is 1.59. The number of carbonyl (C=O) groups excluding carboxylic acids is 1. The molecule has 1 aliphatic rings. The molecule has 0 saturated heterocycles. The molecule has 0 bridgehead atoms. The zero-order chi connectivity index (χ0) is 13.8. The van der Waals surface area contributed by atoms with Gasteiger partial charge in [-0.1, -0.05) is 15.9 Å². The highest BCUT2D eigenvalue weighted by atomic mass is 79.9. The fourth-order valence-corrected chi connectivity index (χ4v) is 2.88. The summed E-state index contributed by atoms with van der Waals surface area (Å²) in [6.07, 6.45) is 5.37. The largest absolute Gasteiger partial charge is 0.493 e. The van der Waals surface area contributed by atoms with E-state index in [9.17, 15) is 4.79 Å². The number of Topliss-reactive ketones (excluding diaryl/α,β-unsaturated/α-hetero) is 1. The average molecular weight is 327 g/mol. The molecule has 0 amide bonds. The summed E-state index contributed by atoms with van der Waals surface area (Å²) in [7, 11) is 1.63. The van der Waals surface area contributed by atoms with E-state index in [4.69, 9.17) is 9.47 Å². The average Bonchev–Trinajstić information content (AvgIpc) is 2.85. The van der Waals surface area contributed by atoms with Gasteiger partial charge in [-0.15, -0.1) is 0 Å². The van der Waals surface area contributed by atoms with Crippen LogP contribution >= 0.6 is 15.9 Å². The van der Waals surface area contributed by atoms with Crippen LogP contribution in [0.4, 0.5) is 0 Å². The highest BCUT2D eigenvalue weighted by molar-refractivity contribution is 9.10. The van der Waals surface area contributed by atoms with Gasteiger partial charge in [0.2, 0.25) is 0 Å². The Bertz CT molecular complexity index is 465. The molecule has 4 heteroatoms. The Morgan fingerprint density at radius 3 is 2.58 bits per heavy atom. The van der Waals surface area contributed by atoms with Crippen molar-refractivity contribution >= 4 is 21.7 Å². The van der Waals surface area contributed by atoms with E-state index in [1.165, 1.54) is 12.8 Å². The number of ketones is 1. The number of rotatable bonds is 5. The predicted molar refractivity (Wildman–Crippen MR) is 78.0 cm³/mol. The number of hydrogen-bond acceptors (Lipinski definition) is 3. The molecule has 19 heavy (non-hydrogen) atoms. The molecule has 0 spiro atoms. The molecule has 2 rings (SSSR count). The zero-order valence-corrected chi connectivity index (χ0v) is 13.0. The van der Waals surface area contributed by atoms with Crippen molar-refractivity contribution in [2.24, 2.45) is 0 Å². The smallest absolute Gasteiger partial charge is 0.162 e. The van der Waals surface area contributed by atoms with Crippen molar-refractivity contribution in [3.8, 4) is 11.5 Å². The van der Waals surface area contributed by atoms with Crippen LogP contribution in [0.25, 0.3) is 0 Å². The minimum Gasteiger partial charge on any atom is -0.493 e. The predicted octanol–water partition coefficient (Wildman–Crippen LogP) is 3.91. The maximum absolute atomic E-state index is 11.2. The number of benzene rings is 1. The second kappa shape index (κ2) is 6.42. The third-order valence-electron chi connectivity index (χ3n) is 3.37. The van der Waals surface area contributed by atoms with Crippen molar-refractivity contribution in [2.45, 2.75) is 45.1 Å². The Labute approximate surface area is 122 Å². The van der Waals surface area contributed by atoms with Crippen LogP contribution in [0, 0.1) is 0 Å². The van der Waals surface area contributed by atoms with E-state index in [1.54, 1.807) is 14.0 Å². The summed E-state index contributed by atoms with van der Waals surface area (Å²) in [6, 6.07) is 3.80. The van der Waals surface area contributed by atoms with Crippen LogP contribution in [0.15, 0.2) is 16.6 Å². The summed E-state index contributed by atoms with van der Waals surface area (Å²) < 4.78 is 12.3. The van der Waals surface area contributed by atoms with Crippen molar-refractivity contribution in [3.63, 3.8) is 0 Å². The molecular weight excluding hydrogens is 308 g/mol. The Morgan fingerprint density at radius 2 is 2.00 bits per heavy atom. The molecule has 104 valence electrons. The number of methoxy groups -OCH3 is 1. The summed E-state index contributed by atoms with van der Waals surface area (Å²) >= 11 is 3.50. The Balaban J connectivity index is 2.22. The Kier molecular flexibility index (Phi) is 4.86. The molecule has 0 aliphatic heterocycles. The first kappa shape index (κ1) is 14.4. The van der Waals surface area contributed by atoms with Gasteiger partial charge < -0.3 is 9.47 Å². The molecule has 0 radical (unpaired) electrons. The minimum absolute atomic E-state index is 0.132. The van der Waals surface area contributed by atoms with E-state index >= 15 is 0 Å². The van der Waals surface area contributed by atoms with Gasteiger partial charge in [-0.25, -0.2) is 0 Å². The quantitative estimate of drug-likeness (QED) is 0.822. The standard InChI is InChI=1S/C15H19BrO3/c1-10(17)7-11-8-14(18-2)15(9-13(11)16)19-12-5-3-4-6-12/h8-9,12H,3-7H2,1-2H3. The lowest BCUT2D eigenvalue weighted by Gasteiger charge is -2.17. The van der Waals surface area contributed by atoms with Crippen LogP contribution < -0.4 is 9.47 Å². The first-order chi connectivity index (χ1) is 9.10. The van der Waals surface area contributed by atoms with Crippen molar-refractivity contribution < 1.29 is 14.3 Å². The van der Waals surface area contributed by atoms with E-state index in [0.29, 0.717) is 18.3 Å². The Hall–Kier alpha value is -1.03. The lowest BCUT2D eigenvalue weighted by molar-refractivity contribution is -0.116. The van der Waals surface area contributed by atoms with Gasteiger partial charge in [0.05, 0.1) is 13.2 Å². The molecule has 0 aromatic heterocycles. The summed E-state index contributed by atoms with van der Waals surface area (Å²) in [6.45, 7) is 1.59. The van der Waals surface area contributed by atoms with Gasteiger partial charge in [0.25, 0.3) is 0 Å². The summed E-state index contributed by atoms with van der Waals surface area (Å²) in [5, 5.41) is 0. The molecule has 0 heterocycles. The highest BCUT2D eigenvalue weighted by Gasteiger charge is 2.19. The molecule has 1 aliphatic carbocycles. The van der Waals surface area contributed by atoms with E-state index < -0.39 is 0 Å². The van der Waals surface area contributed by atoms with Crippen LogP contribution in [0.5, 0.6) is 11.5 Å². The van der Waals surface area contributed by atoms with Gasteiger partial charge >= 0.3 is 0 Å². The molecule has 0 atom stereocenters. The van der Waals surface area contributed by atoms with Gasteiger partial charge in [-0.2, -0.15) is 0 Å². The molecule has 0 N–H and O–H groups in total. The van der Waals surface area contributed by atoms with Gasteiger partial charge in [0.1, 0.15) is 5.78 Å². The van der Waals surface area contributed by atoms with Gasteiger partial charge in [0.15, 0.2) is 11.5 Å². The van der Waals surface area contributed by atoms with Crippen molar-refractivity contribution in [3.05, 3.63) is 22.2 Å². The van der Waals surface area contributed by atoms with E-state index in [-0.39, 0.29) is 5.78 Å². The topological polar surface area (TPSA) is 35.5 Å². The van der Waals surface area contributed by atoms with Gasteiger partial charge in [-0.05, 0) is 50.3 Å². The number of hydrogen-bond donors (Lipinski definition) is 0. The lowest BCUT2D eigenvalue weighted by atomic mass is 10.1. The molecular formula is C15H19BrO3. The molecule has 1 fully saturated rings. The van der Waals surface area contributed by atoms with Crippen LogP contribution in [0.1, 0.15) is 38.2 Å². The second-order valence-electron chi connectivity index (χ2n) is 5.00. The van der Waals surface area contributed by atoms with Crippen LogP contribution in [0.2, 0.25) is 0 Å². The fraction of sp³-hybridized carbons (Fsp3) is 0.533. The Morgan fingerprint density at radius 1 is 1.32 bits per heavy atom. The molecule has 1 saturated carbocycles. The SMILES string of the molecule is COc1cc(CC(C)=O)c(Br)cc1OC1CCCC1. The van der Waals surface area contributed by atoms with Crippen molar-refractivity contribution in [1.82, 2.24) is 0 Å². The zero-order valence-electron chi connectivity index (χ0n) is 11.4. The first-order valence-corrected chi connectivity index (χ1v) is 7.42.